The van der Waals surface area contributed by atoms with Gasteiger partial charge in [0, 0.05) is 10.6 Å². The highest BCUT2D eigenvalue weighted by Crippen LogP contribution is 2.37. The monoisotopic (exact) mass is 418 g/mol. The summed E-state index contributed by atoms with van der Waals surface area (Å²) in [6, 6.07) is 22.9. The van der Waals surface area contributed by atoms with Gasteiger partial charge in [-0.3, -0.25) is 14.5 Å². The molecule has 0 aromatic heterocycles. The summed E-state index contributed by atoms with van der Waals surface area (Å²) in [4.78, 5) is 40.8. The third kappa shape index (κ3) is 3.17. The van der Waals surface area contributed by atoms with Gasteiger partial charge >= 0.3 is 6.03 Å². The second kappa shape index (κ2) is 7.76. The first-order valence-corrected chi connectivity index (χ1v) is 9.89. The van der Waals surface area contributed by atoms with E-state index in [0.717, 1.165) is 4.90 Å². The van der Waals surface area contributed by atoms with Crippen LogP contribution in [-0.2, 0) is 10.3 Å². The molecule has 3 aromatic carbocycles. The number of ketones is 1. The fourth-order valence-corrected chi connectivity index (χ4v) is 4.02. The standard InChI is InChI=1S/C24H19ClN2O3/c1-16(21(28)17-9-8-14-20(25)15-17)27-22(29)24(26-23(27)30,18-10-4-2-5-11-18)19-12-6-3-7-13-19/h2-16H,1H3,(H,26,30)/t16-/m1/s1. The number of Topliss-reactive ketones (excluding diaryl/α,β-unsaturated/α-hetero) is 1. The number of hydrogen-bond donors (Lipinski definition) is 1. The van der Waals surface area contributed by atoms with Crippen LogP contribution in [0.25, 0.3) is 0 Å². The maximum Gasteiger partial charge on any atom is 0.326 e. The van der Waals surface area contributed by atoms with Crippen LogP contribution in [0.1, 0.15) is 28.4 Å². The van der Waals surface area contributed by atoms with Crippen molar-refractivity contribution < 1.29 is 14.4 Å². The first kappa shape index (κ1) is 19.9. The molecule has 5 nitrogen and oxygen atoms in total. The van der Waals surface area contributed by atoms with Gasteiger partial charge in [0.2, 0.25) is 0 Å². The third-order valence-corrected chi connectivity index (χ3v) is 5.58. The molecule has 1 saturated heterocycles. The Kier molecular flexibility index (Phi) is 5.14. The van der Waals surface area contributed by atoms with Crippen molar-refractivity contribution in [2.75, 3.05) is 0 Å². The Morgan fingerprint density at radius 3 is 2.00 bits per heavy atom. The van der Waals surface area contributed by atoms with Crippen LogP contribution in [0.4, 0.5) is 4.79 Å². The Balaban J connectivity index is 1.78. The summed E-state index contributed by atoms with van der Waals surface area (Å²) in [5, 5.41) is 3.27. The molecule has 6 heteroatoms. The molecule has 0 spiro atoms. The predicted molar refractivity (Wildman–Crippen MR) is 114 cm³/mol. The molecule has 1 N–H and O–H groups in total. The summed E-state index contributed by atoms with van der Waals surface area (Å²) in [5.41, 5.74) is 0.189. The van der Waals surface area contributed by atoms with Crippen LogP contribution in [0.5, 0.6) is 0 Å². The SMILES string of the molecule is C[C@H](C(=O)c1cccc(Cl)c1)N1C(=O)NC(c2ccccc2)(c2ccccc2)C1=O. The van der Waals surface area contributed by atoms with Crippen LogP contribution in [0.2, 0.25) is 5.02 Å². The second-order valence-electron chi connectivity index (χ2n) is 7.14. The van der Waals surface area contributed by atoms with Crippen molar-refractivity contribution in [2.45, 2.75) is 18.5 Å². The lowest BCUT2D eigenvalue weighted by Crippen LogP contribution is -2.47. The van der Waals surface area contributed by atoms with Crippen LogP contribution < -0.4 is 5.32 Å². The maximum absolute atomic E-state index is 13.7. The van der Waals surface area contributed by atoms with Crippen molar-refractivity contribution in [3.63, 3.8) is 0 Å². The molecule has 0 bridgehead atoms. The fraction of sp³-hybridized carbons (Fsp3) is 0.125. The van der Waals surface area contributed by atoms with Gasteiger partial charge in [0.25, 0.3) is 5.91 Å². The van der Waals surface area contributed by atoms with Crippen molar-refractivity contribution in [1.82, 2.24) is 10.2 Å². The van der Waals surface area contributed by atoms with Gasteiger partial charge < -0.3 is 5.32 Å². The maximum atomic E-state index is 13.7. The quantitative estimate of drug-likeness (QED) is 0.493. The highest BCUT2D eigenvalue weighted by molar-refractivity contribution is 6.31. The molecular formula is C24H19ClN2O3. The Morgan fingerprint density at radius 2 is 1.47 bits per heavy atom. The topological polar surface area (TPSA) is 66.5 Å². The van der Waals surface area contributed by atoms with E-state index in [1.165, 1.54) is 6.07 Å². The molecule has 0 unspecified atom stereocenters. The van der Waals surface area contributed by atoms with Gasteiger partial charge in [-0.15, -0.1) is 0 Å². The van der Waals surface area contributed by atoms with Crippen molar-refractivity contribution in [2.24, 2.45) is 0 Å². The number of hydrogen-bond acceptors (Lipinski definition) is 3. The molecule has 1 fully saturated rings. The van der Waals surface area contributed by atoms with E-state index in [2.05, 4.69) is 5.32 Å². The number of carbonyl (C=O) groups excluding carboxylic acids is 3. The van der Waals surface area contributed by atoms with Gasteiger partial charge in [-0.1, -0.05) is 84.4 Å². The lowest BCUT2D eigenvalue weighted by molar-refractivity contribution is -0.131. The summed E-state index contributed by atoms with van der Waals surface area (Å²) < 4.78 is 0. The Morgan fingerprint density at radius 1 is 0.900 bits per heavy atom. The van der Waals surface area contributed by atoms with Gasteiger partial charge in [-0.05, 0) is 30.2 Å². The molecular weight excluding hydrogens is 400 g/mol. The third-order valence-electron chi connectivity index (χ3n) is 5.34. The van der Waals surface area contributed by atoms with Gasteiger partial charge in [-0.25, -0.2) is 4.79 Å². The van der Waals surface area contributed by atoms with Crippen LogP contribution >= 0.6 is 11.6 Å². The largest absolute Gasteiger partial charge is 0.326 e. The number of amides is 3. The molecule has 3 aromatic rings. The molecule has 4 rings (SSSR count). The van der Waals surface area contributed by atoms with E-state index in [1.54, 1.807) is 49.4 Å². The van der Waals surface area contributed by atoms with E-state index in [1.807, 2.05) is 36.4 Å². The number of halogens is 1. The summed E-state index contributed by atoms with van der Waals surface area (Å²) in [7, 11) is 0. The van der Waals surface area contributed by atoms with Crippen LogP contribution in [0.3, 0.4) is 0 Å². The first-order valence-electron chi connectivity index (χ1n) is 9.52. The van der Waals surface area contributed by atoms with Crippen LogP contribution in [0.15, 0.2) is 84.9 Å². The van der Waals surface area contributed by atoms with Crippen molar-refractivity contribution in [1.29, 1.82) is 0 Å². The molecule has 1 aliphatic rings. The zero-order valence-electron chi connectivity index (χ0n) is 16.2. The van der Waals surface area contributed by atoms with E-state index in [4.69, 9.17) is 11.6 Å². The van der Waals surface area contributed by atoms with Crippen molar-refractivity contribution >= 4 is 29.3 Å². The van der Waals surface area contributed by atoms with E-state index in [9.17, 15) is 14.4 Å². The average molecular weight is 419 g/mol. The minimum absolute atomic E-state index is 0.340. The van der Waals surface area contributed by atoms with Gasteiger partial charge in [0.1, 0.15) is 6.04 Å². The minimum atomic E-state index is -1.40. The molecule has 30 heavy (non-hydrogen) atoms. The zero-order chi connectivity index (χ0) is 21.3. The number of rotatable bonds is 5. The molecule has 1 atom stereocenters. The average Bonchev–Trinajstić information content (AvgIpc) is 3.05. The normalized spacial score (nSPS) is 16.3. The van der Waals surface area contributed by atoms with Gasteiger partial charge in [0.15, 0.2) is 11.3 Å². The van der Waals surface area contributed by atoms with Crippen molar-refractivity contribution in [3.8, 4) is 0 Å². The highest BCUT2D eigenvalue weighted by Gasteiger charge is 2.55. The fourth-order valence-electron chi connectivity index (χ4n) is 3.83. The summed E-state index contributed by atoms with van der Waals surface area (Å²) in [6.45, 7) is 1.55. The Labute approximate surface area is 179 Å². The number of imide groups is 1. The summed E-state index contributed by atoms with van der Waals surface area (Å²) >= 11 is 6.00. The Hall–Kier alpha value is -3.44. The smallest absolute Gasteiger partial charge is 0.315 e. The Bertz CT molecular complexity index is 1080. The minimum Gasteiger partial charge on any atom is -0.315 e. The first-order chi connectivity index (χ1) is 14.4. The molecule has 3 amide bonds. The lowest BCUT2D eigenvalue weighted by atomic mass is 9.82. The number of nitrogens with zero attached hydrogens (tertiary/aromatic N) is 1. The molecule has 1 aliphatic heterocycles. The van der Waals surface area contributed by atoms with E-state index >= 15 is 0 Å². The number of nitrogens with one attached hydrogen (secondary N) is 1. The van der Waals surface area contributed by atoms with Gasteiger partial charge in [0.05, 0.1) is 0 Å². The van der Waals surface area contributed by atoms with Crippen LogP contribution in [-0.4, -0.2) is 28.7 Å². The number of benzene rings is 3. The zero-order valence-corrected chi connectivity index (χ0v) is 17.0. The molecule has 0 aliphatic carbocycles. The molecule has 0 radical (unpaired) electrons. The molecule has 150 valence electrons. The highest BCUT2D eigenvalue weighted by atomic mass is 35.5. The lowest BCUT2D eigenvalue weighted by Gasteiger charge is -2.29. The number of carbonyl (C=O) groups is 3. The van der Waals surface area contributed by atoms with E-state index < -0.39 is 23.5 Å². The van der Waals surface area contributed by atoms with Crippen molar-refractivity contribution in [3.05, 3.63) is 107 Å². The predicted octanol–water partition coefficient (Wildman–Crippen LogP) is 4.41. The molecule has 1 heterocycles. The molecule has 0 saturated carbocycles. The van der Waals surface area contributed by atoms with Crippen LogP contribution in [0, 0.1) is 0 Å². The van der Waals surface area contributed by atoms with E-state index in [0.29, 0.717) is 21.7 Å². The van der Waals surface area contributed by atoms with Gasteiger partial charge in [-0.2, -0.15) is 0 Å². The van der Waals surface area contributed by atoms with E-state index in [-0.39, 0.29) is 5.78 Å². The second-order valence-corrected chi connectivity index (χ2v) is 7.57. The summed E-state index contributed by atoms with van der Waals surface area (Å²) in [6.07, 6.45) is 0. The summed E-state index contributed by atoms with van der Waals surface area (Å²) in [5.74, 6) is -0.856. The number of urea groups is 1.